The van der Waals surface area contributed by atoms with Crippen LogP contribution in [0.25, 0.3) is 16.6 Å². The quantitative estimate of drug-likeness (QED) is 0.137. The van der Waals surface area contributed by atoms with Crippen molar-refractivity contribution in [2.75, 3.05) is 39.8 Å². The molecule has 3 aromatic rings. The minimum absolute atomic E-state index is 0.0468. The van der Waals surface area contributed by atoms with Gasteiger partial charge in [-0.1, -0.05) is 59.9 Å². The average molecular weight is 816 g/mol. The maximum Gasteiger partial charge on any atom is 0.160 e. The van der Waals surface area contributed by atoms with Gasteiger partial charge in [-0.05, 0) is 132 Å². The lowest BCUT2D eigenvalue weighted by Gasteiger charge is -2.62. The number of hydrogen-bond donors (Lipinski definition) is 2. The van der Waals surface area contributed by atoms with E-state index in [1.54, 1.807) is 0 Å². The zero-order valence-corrected chi connectivity index (χ0v) is 38.3. The molecule has 0 aromatic carbocycles. The molecule has 3 aliphatic heterocycles. The molecule has 2 N–H and O–H groups in total. The number of allylic oxidation sites excluding steroid dienone is 4. The second-order valence-electron chi connectivity index (χ2n) is 20.5. The zero-order chi connectivity index (χ0) is 42.5. The van der Waals surface area contributed by atoms with Gasteiger partial charge < -0.3 is 29.7 Å². The smallest absolute Gasteiger partial charge is 0.160 e. The van der Waals surface area contributed by atoms with Crippen LogP contribution in [0.3, 0.4) is 0 Å². The summed E-state index contributed by atoms with van der Waals surface area (Å²) in [7, 11) is 1.81. The maximum absolute atomic E-state index is 6.26. The summed E-state index contributed by atoms with van der Waals surface area (Å²) in [5.74, 6) is 3.23. The highest BCUT2D eigenvalue weighted by molar-refractivity contribution is 5.86. The molecule has 324 valence electrons. The fourth-order valence-electron chi connectivity index (χ4n) is 11.8. The summed E-state index contributed by atoms with van der Waals surface area (Å²) in [5, 5.41) is 14.3. The minimum atomic E-state index is -0.173. The standard InChI is InChI=1S/C50H73N9O/c1-12-15-32(4)39(13-2)43-23-42-40-16-14-17-41(45(60-11)44(40)54-48(42)56-55-43)47-51-26-37(27-52-47)36-18-20-57(21-19-36)38-24-50(25-38)29-58(30-50)35(7)53-46(49(8,9)10)34(6)59-28-31(3)22-33(59)5/h13,15,23,26-27,31,33,36,38,41,45-46,53H,6-7,12,14,16-22,24-25,28-30H2,1-5,8-11H3,(H,54,56)/b32-15-,39-13+. The molecule has 5 atom stereocenters. The van der Waals surface area contributed by atoms with Gasteiger partial charge in [0.25, 0.3) is 0 Å². The number of aromatic nitrogens is 5. The van der Waals surface area contributed by atoms with Gasteiger partial charge in [-0.15, -0.1) is 10.2 Å². The van der Waals surface area contributed by atoms with E-state index in [0.717, 1.165) is 98.0 Å². The van der Waals surface area contributed by atoms with Gasteiger partial charge in [-0.25, -0.2) is 9.97 Å². The first-order valence-electron chi connectivity index (χ1n) is 23.2. The van der Waals surface area contributed by atoms with Crippen LogP contribution in [-0.2, 0) is 11.2 Å². The number of piperidine rings is 1. The predicted octanol–water partition coefficient (Wildman–Crippen LogP) is 9.68. The highest BCUT2D eigenvalue weighted by Crippen LogP contribution is 2.52. The molecule has 5 unspecified atom stereocenters. The largest absolute Gasteiger partial charge is 0.374 e. The van der Waals surface area contributed by atoms with Crippen LogP contribution in [0.4, 0.5) is 0 Å². The Morgan fingerprint density at radius 2 is 1.80 bits per heavy atom. The van der Waals surface area contributed by atoms with Crippen molar-refractivity contribution in [3.63, 3.8) is 0 Å². The molecule has 3 saturated heterocycles. The van der Waals surface area contributed by atoms with Gasteiger partial charge in [0.1, 0.15) is 11.9 Å². The van der Waals surface area contributed by atoms with E-state index in [1.807, 2.05) is 7.11 Å². The lowest BCUT2D eigenvalue weighted by molar-refractivity contribution is -0.102. The Bertz CT molecular complexity index is 2090. The van der Waals surface area contributed by atoms with Crippen molar-refractivity contribution in [1.29, 1.82) is 0 Å². The molecule has 3 aromatic heterocycles. The topological polar surface area (TPSA) is 98.3 Å². The van der Waals surface area contributed by atoms with Crippen molar-refractivity contribution in [3.8, 4) is 0 Å². The number of aromatic amines is 1. The van der Waals surface area contributed by atoms with Crippen molar-refractivity contribution < 1.29 is 4.74 Å². The fourth-order valence-corrected chi connectivity index (χ4v) is 11.8. The van der Waals surface area contributed by atoms with Crippen LogP contribution >= 0.6 is 0 Å². The van der Waals surface area contributed by atoms with E-state index < -0.39 is 0 Å². The summed E-state index contributed by atoms with van der Waals surface area (Å²) in [6.07, 6.45) is 18.6. The van der Waals surface area contributed by atoms with Crippen molar-refractivity contribution in [2.45, 2.75) is 149 Å². The van der Waals surface area contributed by atoms with E-state index in [4.69, 9.17) is 14.7 Å². The minimum Gasteiger partial charge on any atom is -0.374 e. The number of nitrogens with zero attached hydrogens (tertiary/aromatic N) is 7. The first-order chi connectivity index (χ1) is 28.7. The number of fused-ring (bicyclic) bond motifs is 3. The highest BCUT2D eigenvalue weighted by Gasteiger charge is 2.54. The van der Waals surface area contributed by atoms with Gasteiger partial charge in [-0.3, -0.25) is 0 Å². The van der Waals surface area contributed by atoms with Crippen LogP contribution < -0.4 is 5.32 Å². The Morgan fingerprint density at radius 3 is 2.42 bits per heavy atom. The summed E-state index contributed by atoms with van der Waals surface area (Å²) in [6.45, 7) is 32.9. The maximum atomic E-state index is 6.26. The van der Waals surface area contributed by atoms with E-state index in [0.29, 0.717) is 29.3 Å². The molecule has 10 heteroatoms. The van der Waals surface area contributed by atoms with E-state index in [9.17, 15) is 0 Å². The van der Waals surface area contributed by atoms with Crippen LogP contribution in [0.15, 0.2) is 60.9 Å². The summed E-state index contributed by atoms with van der Waals surface area (Å²) in [6, 6.07) is 3.62. The molecule has 10 nitrogen and oxygen atoms in total. The van der Waals surface area contributed by atoms with Gasteiger partial charge in [0.15, 0.2) is 5.65 Å². The number of hydrogen-bond acceptors (Lipinski definition) is 9. The Morgan fingerprint density at radius 1 is 1.08 bits per heavy atom. The molecular formula is C50H73N9O. The van der Waals surface area contributed by atoms with Gasteiger partial charge >= 0.3 is 0 Å². The second kappa shape index (κ2) is 17.0. The van der Waals surface area contributed by atoms with Gasteiger partial charge in [0, 0.05) is 73.3 Å². The highest BCUT2D eigenvalue weighted by atomic mass is 16.5. The summed E-state index contributed by atoms with van der Waals surface area (Å²) in [4.78, 5) is 21.5. The molecule has 0 radical (unpaired) electrons. The van der Waals surface area contributed by atoms with Crippen molar-refractivity contribution in [1.82, 2.24) is 45.2 Å². The van der Waals surface area contributed by atoms with Crippen LogP contribution in [-0.4, -0.2) is 97.8 Å². The molecule has 4 fully saturated rings. The number of rotatable bonds is 12. The first kappa shape index (κ1) is 42.7. The third-order valence-corrected chi connectivity index (χ3v) is 15.0. The van der Waals surface area contributed by atoms with E-state index in [-0.39, 0.29) is 23.5 Å². The van der Waals surface area contributed by atoms with Gasteiger partial charge in [0.2, 0.25) is 0 Å². The molecule has 0 amide bonds. The third kappa shape index (κ3) is 8.19. The Kier molecular flexibility index (Phi) is 12.1. The lowest BCUT2D eigenvalue weighted by Crippen LogP contribution is -2.67. The first-order valence-corrected chi connectivity index (χ1v) is 23.2. The van der Waals surface area contributed by atoms with Crippen LogP contribution in [0.1, 0.15) is 153 Å². The number of nitrogens with one attached hydrogen (secondary N) is 2. The number of aryl methyl sites for hydroxylation is 1. The SMILES string of the molecule is C=C(NC(C(=C)N1CC(C)CC1C)C(C)(C)C)N1CC2(CC(N3CCC(c4cnc(C5CCCc6c([nH]c7nnc(C(=C/C)/C(C)=C\CC)cc67)C5OC)nc4)CC3)C2)C1. The van der Waals surface area contributed by atoms with E-state index >= 15 is 0 Å². The summed E-state index contributed by atoms with van der Waals surface area (Å²) in [5.41, 5.74) is 9.47. The molecule has 1 spiro atoms. The second-order valence-corrected chi connectivity index (χ2v) is 20.5. The van der Waals surface area contributed by atoms with Crippen molar-refractivity contribution in [3.05, 3.63) is 89.2 Å². The fraction of sp³-hybridized carbons (Fsp3) is 0.640. The molecular weight excluding hydrogens is 743 g/mol. The molecule has 6 heterocycles. The Balaban J connectivity index is 0.837. The molecule has 1 saturated carbocycles. The van der Waals surface area contributed by atoms with Crippen molar-refractivity contribution >= 4 is 16.6 Å². The van der Waals surface area contributed by atoms with Crippen LogP contribution in [0, 0.1) is 16.7 Å². The molecule has 60 heavy (non-hydrogen) atoms. The monoisotopic (exact) mass is 816 g/mol. The Hall–Kier alpha value is -4.02. The van der Waals surface area contributed by atoms with Gasteiger partial charge in [0.05, 0.1) is 29.2 Å². The zero-order valence-electron chi connectivity index (χ0n) is 38.3. The van der Waals surface area contributed by atoms with Gasteiger partial charge in [-0.2, -0.15) is 0 Å². The normalized spacial score (nSPS) is 26.1. The molecule has 8 rings (SSSR count). The molecule has 5 aliphatic rings. The van der Waals surface area contributed by atoms with Crippen molar-refractivity contribution in [2.24, 2.45) is 16.7 Å². The number of likely N-dealkylation sites (tertiary alicyclic amines) is 3. The predicted molar refractivity (Wildman–Crippen MR) is 244 cm³/mol. The molecule has 2 aliphatic carbocycles. The number of H-pyrrole nitrogens is 1. The average Bonchev–Trinajstić information content (AvgIpc) is 3.66. The van der Waals surface area contributed by atoms with E-state index in [2.05, 4.69) is 134 Å². The van der Waals surface area contributed by atoms with Crippen LogP contribution in [0.5, 0.6) is 0 Å². The number of ether oxygens (including phenoxy) is 1. The summed E-state index contributed by atoms with van der Waals surface area (Å²) >= 11 is 0. The Labute approximate surface area is 360 Å². The van der Waals surface area contributed by atoms with E-state index in [1.165, 1.54) is 54.5 Å². The summed E-state index contributed by atoms with van der Waals surface area (Å²) < 4.78 is 6.26. The third-order valence-electron chi connectivity index (χ3n) is 15.0. The van der Waals surface area contributed by atoms with Crippen LogP contribution in [0.2, 0.25) is 0 Å². The number of methoxy groups -OCH3 is 1. The lowest BCUT2D eigenvalue weighted by atomic mass is 9.60. The molecule has 0 bridgehead atoms.